The van der Waals surface area contributed by atoms with Crippen molar-refractivity contribution in [3.05, 3.63) is 23.4 Å². The minimum atomic E-state index is -0.473. The van der Waals surface area contributed by atoms with Gasteiger partial charge in [0.2, 0.25) is 11.8 Å². The normalized spacial score (nSPS) is 16.5. The van der Waals surface area contributed by atoms with Crippen LogP contribution in [0.15, 0.2) is 18.3 Å². The van der Waals surface area contributed by atoms with Crippen LogP contribution in [-0.2, 0) is 9.59 Å². The number of carbonyl (C=O) groups excluding carboxylic acids is 2. The molecule has 8 heteroatoms. The summed E-state index contributed by atoms with van der Waals surface area (Å²) in [6.07, 6.45) is 2.76. The van der Waals surface area contributed by atoms with Crippen LogP contribution in [0.3, 0.4) is 0 Å². The van der Waals surface area contributed by atoms with E-state index in [0.717, 1.165) is 0 Å². The Labute approximate surface area is 153 Å². The van der Waals surface area contributed by atoms with E-state index in [1.54, 1.807) is 17.0 Å². The standard InChI is InChI=1S/C16H23ClN4O2.ClH/c1-10(2)14(18)16(23)21-7-5-11(6-8-21)15(22)20-13-4-3-12(17)9-19-13;/h3-4,9-11,14H,5-8,18H2,1-2H3,(H,19,20,22);1H/t14-;/m0./s1. The van der Waals surface area contributed by atoms with Gasteiger partial charge in [0, 0.05) is 25.2 Å². The number of hydrogen-bond donors (Lipinski definition) is 2. The van der Waals surface area contributed by atoms with Gasteiger partial charge in [0.1, 0.15) is 5.82 Å². The molecule has 0 saturated carbocycles. The van der Waals surface area contributed by atoms with Gasteiger partial charge < -0.3 is 16.0 Å². The number of hydrogen-bond acceptors (Lipinski definition) is 4. The summed E-state index contributed by atoms with van der Waals surface area (Å²) in [6.45, 7) is 4.99. The first-order chi connectivity index (χ1) is 10.9. The first-order valence-electron chi connectivity index (χ1n) is 7.85. The third-order valence-corrected chi connectivity index (χ3v) is 4.38. The fraction of sp³-hybridized carbons (Fsp3) is 0.562. The van der Waals surface area contributed by atoms with Gasteiger partial charge in [-0.25, -0.2) is 4.98 Å². The molecule has 6 nitrogen and oxygen atoms in total. The number of carbonyl (C=O) groups is 2. The number of anilines is 1. The third-order valence-electron chi connectivity index (χ3n) is 4.16. The van der Waals surface area contributed by atoms with Crippen molar-refractivity contribution in [2.45, 2.75) is 32.7 Å². The molecule has 1 saturated heterocycles. The lowest BCUT2D eigenvalue weighted by atomic mass is 9.94. The lowest BCUT2D eigenvalue weighted by Gasteiger charge is -2.33. The van der Waals surface area contributed by atoms with Crippen LogP contribution in [0.4, 0.5) is 5.82 Å². The van der Waals surface area contributed by atoms with Gasteiger partial charge in [-0.1, -0.05) is 25.4 Å². The van der Waals surface area contributed by atoms with Crippen LogP contribution >= 0.6 is 24.0 Å². The zero-order chi connectivity index (χ0) is 17.0. The van der Waals surface area contributed by atoms with Crippen LogP contribution in [0, 0.1) is 11.8 Å². The maximum atomic E-state index is 12.3. The number of nitrogens with zero attached hydrogens (tertiary/aromatic N) is 2. The fourth-order valence-electron chi connectivity index (χ4n) is 2.54. The van der Waals surface area contributed by atoms with Crippen molar-refractivity contribution in [3.63, 3.8) is 0 Å². The van der Waals surface area contributed by atoms with Crippen LogP contribution in [0.1, 0.15) is 26.7 Å². The van der Waals surface area contributed by atoms with Gasteiger partial charge in [0.05, 0.1) is 11.1 Å². The van der Waals surface area contributed by atoms with Crippen LogP contribution in [0.2, 0.25) is 5.02 Å². The van der Waals surface area contributed by atoms with Gasteiger partial charge >= 0.3 is 0 Å². The minimum absolute atomic E-state index is 0. The molecule has 3 N–H and O–H groups in total. The summed E-state index contributed by atoms with van der Waals surface area (Å²) in [6, 6.07) is 2.87. The number of nitrogens with one attached hydrogen (secondary N) is 1. The Balaban J connectivity index is 0.00000288. The minimum Gasteiger partial charge on any atom is -0.341 e. The lowest BCUT2D eigenvalue weighted by Crippen LogP contribution is -2.50. The molecule has 1 aliphatic rings. The van der Waals surface area contributed by atoms with Crippen molar-refractivity contribution in [2.24, 2.45) is 17.6 Å². The maximum Gasteiger partial charge on any atom is 0.239 e. The number of piperidine rings is 1. The van der Waals surface area contributed by atoms with Gasteiger partial charge in [-0.2, -0.15) is 0 Å². The highest BCUT2D eigenvalue weighted by atomic mass is 35.5. The number of aromatic nitrogens is 1. The molecule has 2 heterocycles. The van der Waals surface area contributed by atoms with Crippen molar-refractivity contribution in [2.75, 3.05) is 18.4 Å². The van der Waals surface area contributed by atoms with E-state index in [-0.39, 0.29) is 36.1 Å². The predicted octanol–water partition coefficient (Wildman–Crippen LogP) is 2.32. The van der Waals surface area contributed by atoms with Crippen molar-refractivity contribution in [1.82, 2.24) is 9.88 Å². The van der Waals surface area contributed by atoms with Gasteiger partial charge in [-0.3, -0.25) is 9.59 Å². The molecule has 2 rings (SSSR count). The number of pyridine rings is 1. The highest BCUT2D eigenvalue weighted by molar-refractivity contribution is 6.30. The lowest BCUT2D eigenvalue weighted by molar-refractivity contribution is -0.136. The Hall–Kier alpha value is -1.37. The Morgan fingerprint density at radius 3 is 2.46 bits per heavy atom. The molecule has 0 unspecified atom stereocenters. The molecule has 0 spiro atoms. The Morgan fingerprint density at radius 1 is 1.33 bits per heavy atom. The molecule has 1 aromatic heterocycles. The number of rotatable bonds is 4. The summed E-state index contributed by atoms with van der Waals surface area (Å²) < 4.78 is 0. The zero-order valence-electron chi connectivity index (χ0n) is 13.9. The summed E-state index contributed by atoms with van der Waals surface area (Å²) in [5.41, 5.74) is 5.91. The van der Waals surface area contributed by atoms with Gasteiger partial charge in [-0.05, 0) is 30.9 Å². The highest BCUT2D eigenvalue weighted by Crippen LogP contribution is 2.20. The molecule has 24 heavy (non-hydrogen) atoms. The zero-order valence-corrected chi connectivity index (χ0v) is 15.4. The maximum absolute atomic E-state index is 12.3. The van der Waals surface area contributed by atoms with E-state index in [4.69, 9.17) is 17.3 Å². The van der Waals surface area contributed by atoms with Crippen molar-refractivity contribution in [3.8, 4) is 0 Å². The summed E-state index contributed by atoms with van der Waals surface area (Å²) in [5.74, 6) is 0.379. The second kappa shape index (κ2) is 9.20. The van der Waals surface area contributed by atoms with E-state index in [2.05, 4.69) is 10.3 Å². The largest absolute Gasteiger partial charge is 0.341 e. The summed E-state index contributed by atoms with van der Waals surface area (Å²) in [7, 11) is 0. The van der Waals surface area contributed by atoms with Gasteiger partial charge in [-0.15, -0.1) is 12.4 Å². The quantitative estimate of drug-likeness (QED) is 0.845. The Morgan fingerprint density at radius 2 is 1.96 bits per heavy atom. The Bertz CT molecular complexity index is 558. The van der Waals surface area contributed by atoms with E-state index in [0.29, 0.717) is 36.8 Å². The molecule has 134 valence electrons. The predicted molar refractivity (Wildman–Crippen MR) is 97.2 cm³/mol. The molecule has 1 aromatic rings. The van der Waals surface area contributed by atoms with Crippen molar-refractivity contribution < 1.29 is 9.59 Å². The van der Waals surface area contributed by atoms with E-state index in [9.17, 15) is 9.59 Å². The molecule has 2 amide bonds. The van der Waals surface area contributed by atoms with Crippen LogP contribution in [0.25, 0.3) is 0 Å². The molecule has 0 aliphatic carbocycles. The van der Waals surface area contributed by atoms with E-state index < -0.39 is 6.04 Å². The summed E-state index contributed by atoms with van der Waals surface area (Å²) in [5, 5.41) is 3.31. The smallest absolute Gasteiger partial charge is 0.239 e. The molecule has 0 bridgehead atoms. The number of likely N-dealkylation sites (tertiary alicyclic amines) is 1. The SMILES string of the molecule is CC(C)[C@H](N)C(=O)N1CCC(C(=O)Nc2ccc(Cl)cn2)CC1.Cl. The van der Waals surface area contributed by atoms with Gasteiger partial charge in [0.25, 0.3) is 0 Å². The van der Waals surface area contributed by atoms with Crippen LogP contribution < -0.4 is 11.1 Å². The van der Waals surface area contributed by atoms with E-state index in [1.807, 2.05) is 13.8 Å². The molecule has 0 radical (unpaired) electrons. The number of halogens is 2. The summed E-state index contributed by atoms with van der Waals surface area (Å²) >= 11 is 5.77. The molecule has 0 aromatic carbocycles. The van der Waals surface area contributed by atoms with Crippen LogP contribution in [-0.4, -0.2) is 40.8 Å². The highest BCUT2D eigenvalue weighted by Gasteiger charge is 2.30. The first-order valence-corrected chi connectivity index (χ1v) is 8.23. The topological polar surface area (TPSA) is 88.3 Å². The molecule has 1 aliphatic heterocycles. The first kappa shape index (κ1) is 20.7. The van der Waals surface area contributed by atoms with E-state index in [1.165, 1.54) is 6.20 Å². The molecule has 1 atom stereocenters. The third kappa shape index (κ3) is 5.33. The molecular weight excluding hydrogens is 351 g/mol. The Kier molecular flexibility index (Phi) is 7.93. The second-order valence-corrected chi connectivity index (χ2v) is 6.66. The molecular formula is C16H24Cl2N4O2. The van der Waals surface area contributed by atoms with Crippen molar-refractivity contribution in [1.29, 1.82) is 0 Å². The average Bonchev–Trinajstić information content (AvgIpc) is 2.55. The number of nitrogens with two attached hydrogens (primary N) is 1. The second-order valence-electron chi connectivity index (χ2n) is 6.22. The average molecular weight is 375 g/mol. The number of amides is 2. The monoisotopic (exact) mass is 374 g/mol. The van der Waals surface area contributed by atoms with Crippen LogP contribution in [0.5, 0.6) is 0 Å². The van der Waals surface area contributed by atoms with Crippen molar-refractivity contribution >= 4 is 41.6 Å². The summed E-state index contributed by atoms with van der Waals surface area (Å²) in [4.78, 5) is 30.3. The fourth-order valence-corrected chi connectivity index (χ4v) is 2.65. The van der Waals surface area contributed by atoms with E-state index >= 15 is 0 Å². The van der Waals surface area contributed by atoms with Gasteiger partial charge in [0.15, 0.2) is 0 Å². The molecule has 1 fully saturated rings.